The number of fused-ring (bicyclic) bond motifs is 14. The van der Waals surface area contributed by atoms with Gasteiger partial charge in [-0.1, -0.05) is 96.5 Å². The topological polar surface area (TPSA) is 13.1 Å². The minimum atomic E-state index is -0.0857. The summed E-state index contributed by atoms with van der Waals surface area (Å²) in [7, 11) is 0. The molecule has 0 spiro atoms. The molecule has 1 aromatic heterocycles. The first-order valence-corrected chi connectivity index (χ1v) is 14.3. The molecule has 0 saturated heterocycles. The molecule has 0 radical (unpaired) electrons. The van der Waals surface area contributed by atoms with Crippen molar-refractivity contribution in [3.05, 3.63) is 119 Å². The molecule has 9 rings (SSSR count). The molecule has 0 bridgehead atoms. The van der Waals surface area contributed by atoms with Crippen molar-refractivity contribution in [3.8, 4) is 11.1 Å². The highest BCUT2D eigenvalue weighted by molar-refractivity contribution is 9.10. The van der Waals surface area contributed by atoms with Gasteiger partial charge in [0.1, 0.15) is 11.2 Å². The largest absolute Gasteiger partial charge is 0.456 e. The molecule has 2 heteroatoms. The molecule has 7 aromatic carbocycles. The van der Waals surface area contributed by atoms with Crippen LogP contribution in [-0.4, -0.2) is 0 Å². The highest BCUT2D eigenvalue weighted by Gasteiger charge is 2.36. The monoisotopic (exact) mass is 562 g/mol. The fraction of sp³-hybridized carbons (Fsp3) is 0.0811. The van der Waals surface area contributed by atoms with Crippen molar-refractivity contribution >= 4 is 81.0 Å². The fourth-order valence-electron chi connectivity index (χ4n) is 7.19. The van der Waals surface area contributed by atoms with E-state index >= 15 is 0 Å². The summed E-state index contributed by atoms with van der Waals surface area (Å²) in [6.07, 6.45) is 0. The zero-order valence-electron chi connectivity index (χ0n) is 21.6. The van der Waals surface area contributed by atoms with Crippen LogP contribution in [0, 0.1) is 0 Å². The molecule has 0 saturated carbocycles. The molecule has 184 valence electrons. The lowest BCUT2D eigenvalue weighted by atomic mass is 9.82. The van der Waals surface area contributed by atoms with E-state index in [0.717, 1.165) is 15.6 Å². The van der Waals surface area contributed by atoms with Crippen molar-refractivity contribution in [2.45, 2.75) is 19.3 Å². The molecule has 1 nitrogen and oxygen atoms in total. The molecular formula is C37H23BrO. The minimum absolute atomic E-state index is 0.0857. The van der Waals surface area contributed by atoms with Gasteiger partial charge in [0.05, 0.1) is 0 Å². The minimum Gasteiger partial charge on any atom is -0.456 e. The average Bonchev–Trinajstić information content (AvgIpc) is 3.41. The highest BCUT2D eigenvalue weighted by atomic mass is 79.9. The maximum Gasteiger partial charge on any atom is 0.136 e. The predicted octanol–water partition coefficient (Wildman–Crippen LogP) is 11.3. The summed E-state index contributed by atoms with van der Waals surface area (Å²) in [5.74, 6) is 0. The van der Waals surface area contributed by atoms with Crippen LogP contribution in [0.25, 0.3) is 76.2 Å². The van der Waals surface area contributed by atoms with Gasteiger partial charge in [-0.25, -0.2) is 0 Å². The second-order valence-electron chi connectivity index (χ2n) is 11.5. The Labute approximate surface area is 233 Å². The van der Waals surface area contributed by atoms with Crippen molar-refractivity contribution in [3.63, 3.8) is 0 Å². The fourth-order valence-corrected chi connectivity index (χ4v) is 7.55. The van der Waals surface area contributed by atoms with Crippen molar-refractivity contribution in [2.24, 2.45) is 0 Å². The zero-order chi connectivity index (χ0) is 26.0. The molecule has 8 aromatic rings. The van der Waals surface area contributed by atoms with E-state index in [4.69, 9.17) is 4.42 Å². The third-order valence-electron chi connectivity index (χ3n) is 9.07. The van der Waals surface area contributed by atoms with E-state index in [1.165, 1.54) is 76.1 Å². The van der Waals surface area contributed by atoms with Crippen LogP contribution in [0.3, 0.4) is 0 Å². The van der Waals surface area contributed by atoms with Crippen LogP contribution in [0.1, 0.15) is 25.0 Å². The number of hydrogen-bond donors (Lipinski definition) is 0. The highest BCUT2D eigenvalue weighted by Crippen LogP contribution is 2.52. The van der Waals surface area contributed by atoms with Crippen LogP contribution < -0.4 is 0 Å². The van der Waals surface area contributed by atoms with Crippen LogP contribution in [0.2, 0.25) is 0 Å². The Kier molecular flexibility index (Phi) is 4.06. The number of rotatable bonds is 0. The Morgan fingerprint density at radius 3 is 2.05 bits per heavy atom. The first kappa shape index (κ1) is 21.8. The summed E-state index contributed by atoms with van der Waals surface area (Å²) < 4.78 is 7.79. The van der Waals surface area contributed by atoms with Gasteiger partial charge in [0.15, 0.2) is 0 Å². The Morgan fingerprint density at radius 2 is 1.21 bits per heavy atom. The van der Waals surface area contributed by atoms with Gasteiger partial charge < -0.3 is 4.42 Å². The molecule has 0 N–H and O–H groups in total. The van der Waals surface area contributed by atoms with E-state index in [9.17, 15) is 0 Å². The van der Waals surface area contributed by atoms with Gasteiger partial charge in [-0.05, 0) is 102 Å². The summed E-state index contributed by atoms with van der Waals surface area (Å²) in [5.41, 5.74) is 7.13. The summed E-state index contributed by atoms with van der Waals surface area (Å²) in [5, 5.41) is 12.6. The second-order valence-corrected chi connectivity index (χ2v) is 12.4. The van der Waals surface area contributed by atoms with Gasteiger partial charge >= 0.3 is 0 Å². The average molecular weight is 563 g/mol. The summed E-state index contributed by atoms with van der Waals surface area (Å²) in [6.45, 7) is 4.63. The molecule has 1 aliphatic carbocycles. The SMILES string of the molecule is CC1(C)c2cc(Br)ccc2-c2cc3c(cc21)oc1cc2c(cc13)c1ccccc1c1ccc3ccccc3c12. The van der Waals surface area contributed by atoms with Crippen LogP contribution >= 0.6 is 15.9 Å². The van der Waals surface area contributed by atoms with Gasteiger partial charge in [-0.15, -0.1) is 0 Å². The molecular weight excluding hydrogens is 540 g/mol. The standard InChI is InChI=1S/C37H23BrO/c1-37(2)32-15-21(38)12-14-25(32)28-17-30-29-16-27-24-10-6-5-9-23(24)26-13-11-20-7-3-4-8-22(20)36(26)31(27)18-34(29)39-35(30)19-33(28)37/h3-19H,1-2H3. The maximum atomic E-state index is 6.67. The molecule has 0 amide bonds. The van der Waals surface area contributed by atoms with Crippen molar-refractivity contribution in [1.82, 2.24) is 0 Å². The normalized spacial score (nSPS) is 14.2. The zero-order valence-corrected chi connectivity index (χ0v) is 23.2. The lowest BCUT2D eigenvalue weighted by molar-refractivity contribution is 0.647. The molecule has 0 unspecified atom stereocenters. The van der Waals surface area contributed by atoms with E-state index in [0.29, 0.717) is 0 Å². The van der Waals surface area contributed by atoms with Gasteiger partial charge in [0, 0.05) is 20.7 Å². The molecule has 0 fully saturated rings. The van der Waals surface area contributed by atoms with Crippen molar-refractivity contribution < 1.29 is 4.42 Å². The van der Waals surface area contributed by atoms with Gasteiger partial charge in [-0.3, -0.25) is 0 Å². The van der Waals surface area contributed by atoms with E-state index in [1.807, 2.05) is 0 Å². The molecule has 1 heterocycles. The van der Waals surface area contributed by atoms with E-state index in [2.05, 4.69) is 133 Å². The number of furan rings is 1. The Bertz CT molecular complexity index is 2370. The van der Waals surface area contributed by atoms with Gasteiger partial charge in [0.25, 0.3) is 0 Å². The van der Waals surface area contributed by atoms with E-state index in [1.54, 1.807) is 0 Å². The Balaban J connectivity index is 1.45. The smallest absolute Gasteiger partial charge is 0.136 e. The van der Waals surface area contributed by atoms with Gasteiger partial charge in [0.2, 0.25) is 0 Å². The van der Waals surface area contributed by atoms with Crippen LogP contribution in [0.5, 0.6) is 0 Å². The maximum absolute atomic E-state index is 6.67. The van der Waals surface area contributed by atoms with Crippen molar-refractivity contribution in [2.75, 3.05) is 0 Å². The Hall–Kier alpha value is -4.14. The number of halogens is 1. The molecule has 1 aliphatic rings. The third-order valence-corrected chi connectivity index (χ3v) is 9.57. The number of benzene rings is 7. The van der Waals surface area contributed by atoms with E-state index < -0.39 is 0 Å². The summed E-state index contributed by atoms with van der Waals surface area (Å²) >= 11 is 3.69. The summed E-state index contributed by atoms with van der Waals surface area (Å²) in [6, 6.07) is 38.0. The first-order chi connectivity index (χ1) is 19.0. The molecule has 0 atom stereocenters. The lowest BCUT2D eigenvalue weighted by Crippen LogP contribution is -2.14. The van der Waals surface area contributed by atoms with Gasteiger partial charge in [-0.2, -0.15) is 0 Å². The van der Waals surface area contributed by atoms with Crippen LogP contribution in [-0.2, 0) is 5.41 Å². The quantitative estimate of drug-likeness (QED) is 0.167. The van der Waals surface area contributed by atoms with Crippen LogP contribution in [0.4, 0.5) is 0 Å². The van der Waals surface area contributed by atoms with E-state index in [-0.39, 0.29) is 5.41 Å². The lowest BCUT2D eigenvalue weighted by Gasteiger charge is -2.21. The predicted molar refractivity (Wildman–Crippen MR) is 169 cm³/mol. The molecule has 0 aliphatic heterocycles. The first-order valence-electron chi connectivity index (χ1n) is 13.5. The second kappa shape index (κ2) is 7.28. The number of hydrogen-bond acceptors (Lipinski definition) is 1. The van der Waals surface area contributed by atoms with Crippen molar-refractivity contribution in [1.29, 1.82) is 0 Å². The summed E-state index contributed by atoms with van der Waals surface area (Å²) in [4.78, 5) is 0. The molecule has 39 heavy (non-hydrogen) atoms. The Morgan fingerprint density at radius 1 is 0.513 bits per heavy atom. The van der Waals surface area contributed by atoms with Crippen LogP contribution in [0.15, 0.2) is 112 Å². The third kappa shape index (κ3) is 2.75.